The van der Waals surface area contributed by atoms with E-state index in [0.717, 1.165) is 5.56 Å². The molecule has 27 heavy (non-hydrogen) atoms. The van der Waals surface area contributed by atoms with E-state index in [1.165, 1.54) is 15.9 Å². The second-order valence-electron chi connectivity index (χ2n) is 5.99. The molecule has 1 unspecified atom stereocenters. The Kier molecular flexibility index (Phi) is 6.27. The van der Waals surface area contributed by atoms with Gasteiger partial charge in [-0.05, 0) is 6.07 Å². The van der Waals surface area contributed by atoms with Crippen molar-refractivity contribution in [3.63, 3.8) is 0 Å². The number of thiazole rings is 1. The van der Waals surface area contributed by atoms with Crippen LogP contribution in [0.15, 0.2) is 24.3 Å². The minimum absolute atomic E-state index is 0.0129. The highest BCUT2D eigenvalue weighted by atomic mass is 32.1. The quantitative estimate of drug-likeness (QED) is 0.506. The van der Waals surface area contributed by atoms with Crippen molar-refractivity contribution in [3.8, 4) is 11.6 Å². The Hall–Kier alpha value is -2.20. The van der Waals surface area contributed by atoms with Gasteiger partial charge in [-0.3, -0.25) is 4.90 Å². The van der Waals surface area contributed by atoms with E-state index in [0.29, 0.717) is 40.9 Å². The van der Waals surface area contributed by atoms with Crippen LogP contribution in [0.5, 0.6) is 11.6 Å². The molecule has 0 aliphatic carbocycles. The Morgan fingerprint density at radius 3 is 2.52 bits per heavy atom. The zero-order chi connectivity index (χ0) is 19.4. The van der Waals surface area contributed by atoms with Crippen LogP contribution in [0.25, 0.3) is 4.96 Å². The molecule has 0 spiro atoms. The molecule has 0 amide bonds. The molecular formula is C18H24N4O4S. The monoisotopic (exact) mass is 392 g/mol. The maximum atomic E-state index is 10.9. The number of rotatable bonds is 9. The zero-order valence-corrected chi connectivity index (χ0v) is 16.2. The summed E-state index contributed by atoms with van der Waals surface area (Å²) in [5.74, 6) is 1.34. The van der Waals surface area contributed by atoms with E-state index in [4.69, 9.17) is 4.74 Å². The molecule has 1 aromatic carbocycles. The molecule has 3 aromatic rings. The second kappa shape index (κ2) is 8.66. The van der Waals surface area contributed by atoms with Crippen LogP contribution in [0.2, 0.25) is 0 Å². The standard InChI is InChI=1S/C18H24N4O4S/c1-3-14-19-18-22(20-14)17(25)16(27-18)15(21(8-10-23)9-11-24)12-6-4-5-7-13(12)26-2/h4-7,15,23-25H,3,8-11H2,1-2H3. The molecule has 2 aromatic heterocycles. The number of fused-ring (bicyclic) bond motifs is 1. The third-order valence-corrected chi connectivity index (χ3v) is 5.45. The van der Waals surface area contributed by atoms with Crippen LogP contribution < -0.4 is 4.74 Å². The normalized spacial score (nSPS) is 12.8. The summed E-state index contributed by atoms with van der Waals surface area (Å²) >= 11 is 1.34. The highest BCUT2D eigenvalue weighted by molar-refractivity contribution is 7.17. The van der Waals surface area contributed by atoms with Gasteiger partial charge in [-0.25, -0.2) is 4.98 Å². The summed E-state index contributed by atoms with van der Waals surface area (Å²) in [6.45, 7) is 2.46. The van der Waals surface area contributed by atoms with Gasteiger partial charge in [0.25, 0.3) is 0 Å². The molecule has 8 nitrogen and oxygen atoms in total. The molecule has 0 saturated heterocycles. The van der Waals surface area contributed by atoms with Gasteiger partial charge >= 0.3 is 0 Å². The number of aromatic hydroxyl groups is 1. The fourth-order valence-corrected chi connectivity index (χ4v) is 4.27. The van der Waals surface area contributed by atoms with Crippen LogP contribution in [-0.2, 0) is 6.42 Å². The number of aromatic nitrogens is 3. The number of ether oxygens (including phenoxy) is 1. The number of hydrogen-bond acceptors (Lipinski definition) is 8. The minimum Gasteiger partial charge on any atom is -0.496 e. The first-order valence-corrected chi connectivity index (χ1v) is 9.62. The topological polar surface area (TPSA) is 103 Å². The fourth-order valence-electron chi connectivity index (χ4n) is 3.14. The van der Waals surface area contributed by atoms with Crippen LogP contribution in [0.3, 0.4) is 0 Å². The van der Waals surface area contributed by atoms with Gasteiger partial charge in [0.05, 0.1) is 31.2 Å². The summed E-state index contributed by atoms with van der Waals surface area (Å²) in [7, 11) is 1.59. The lowest BCUT2D eigenvalue weighted by Crippen LogP contribution is -2.34. The van der Waals surface area contributed by atoms with E-state index < -0.39 is 6.04 Å². The van der Waals surface area contributed by atoms with Crippen molar-refractivity contribution in [1.82, 2.24) is 19.5 Å². The molecule has 9 heteroatoms. The van der Waals surface area contributed by atoms with E-state index in [-0.39, 0.29) is 19.1 Å². The van der Waals surface area contributed by atoms with Crippen LogP contribution >= 0.6 is 11.3 Å². The third kappa shape index (κ3) is 3.77. The number of methoxy groups -OCH3 is 1. The van der Waals surface area contributed by atoms with Gasteiger partial charge in [0.1, 0.15) is 5.75 Å². The average molecular weight is 392 g/mol. The highest BCUT2D eigenvalue weighted by Crippen LogP contribution is 2.42. The Bertz CT molecular complexity index is 889. The maximum absolute atomic E-state index is 10.9. The van der Waals surface area contributed by atoms with Gasteiger partial charge < -0.3 is 20.1 Å². The number of benzene rings is 1. The van der Waals surface area contributed by atoms with Crippen LogP contribution in [0.4, 0.5) is 0 Å². The number of aryl methyl sites for hydroxylation is 1. The largest absolute Gasteiger partial charge is 0.496 e. The van der Waals surface area contributed by atoms with Crippen molar-refractivity contribution in [2.45, 2.75) is 19.4 Å². The summed E-state index contributed by atoms with van der Waals surface area (Å²) in [6.07, 6.45) is 0.681. The van der Waals surface area contributed by atoms with Crippen LogP contribution in [0, 0.1) is 0 Å². The van der Waals surface area contributed by atoms with Gasteiger partial charge in [0.2, 0.25) is 10.8 Å². The molecular weight excluding hydrogens is 368 g/mol. The number of hydrogen-bond donors (Lipinski definition) is 3. The molecule has 0 fully saturated rings. The van der Waals surface area contributed by atoms with Crippen molar-refractivity contribution in [2.24, 2.45) is 0 Å². The zero-order valence-electron chi connectivity index (χ0n) is 15.4. The van der Waals surface area contributed by atoms with E-state index in [1.54, 1.807) is 7.11 Å². The molecule has 1 atom stereocenters. The molecule has 3 rings (SSSR count). The molecule has 0 aliphatic rings. The number of aliphatic hydroxyl groups excluding tert-OH is 2. The lowest BCUT2D eigenvalue weighted by molar-refractivity contribution is 0.135. The van der Waals surface area contributed by atoms with Crippen molar-refractivity contribution < 1.29 is 20.1 Å². The summed E-state index contributed by atoms with van der Waals surface area (Å²) in [5.41, 5.74) is 0.831. The molecule has 0 saturated carbocycles. The lowest BCUT2D eigenvalue weighted by atomic mass is 10.0. The van der Waals surface area contributed by atoms with Crippen LogP contribution in [0.1, 0.15) is 29.2 Å². The average Bonchev–Trinajstić information content (AvgIpc) is 3.22. The second-order valence-corrected chi connectivity index (χ2v) is 7.00. The van der Waals surface area contributed by atoms with Crippen molar-refractivity contribution >= 4 is 16.3 Å². The Balaban J connectivity index is 2.17. The van der Waals surface area contributed by atoms with Crippen LogP contribution in [-0.4, -0.2) is 68.2 Å². The summed E-state index contributed by atoms with van der Waals surface area (Å²) < 4.78 is 6.96. The molecule has 146 valence electrons. The van der Waals surface area contributed by atoms with E-state index >= 15 is 0 Å². The number of nitrogens with zero attached hydrogens (tertiary/aromatic N) is 4. The van der Waals surface area contributed by atoms with Gasteiger partial charge in [0.15, 0.2) is 5.82 Å². The molecule has 0 bridgehead atoms. The summed E-state index contributed by atoms with van der Waals surface area (Å²) in [5, 5.41) is 34.2. The molecule has 3 N–H and O–H groups in total. The molecule has 0 radical (unpaired) electrons. The van der Waals surface area contributed by atoms with Gasteiger partial charge in [-0.1, -0.05) is 36.5 Å². The number of aliphatic hydroxyl groups is 2. The predicted molar refractivity (Wildman–Crippen MR) is 102 cm³/mol. The number of para-hydroxylation sites is 1. The van der Waals surface area contributed by atoms with Gasteiger partial charge in [-0.2, -0.15) is 4.52 Å². The first kappa shape index (κ1) is 19.6. The Morgan fingerprint density at radius 1 is 1.22 bits per heavy atom. The van der Waals surface area contributed by atoms with E-state index in [9.17, 15) is 15.3 Å². The Morgan fingerprint density at radius 2 is 1.93 bits per heavy atom. The van der Waals surface area contributed by atoms with Crippen molar-refractivity contribution in [3.05, 3.63) is 40.5 Å². The smallest absolute Gasteiger partial charge is 0.230 e. The van der Waals surface area contributed by atoms with E-state index in [2.05, 4.69) is 10.1 Å². The SMILES string of the molecule is CCc1nc2sc(C(c3ccccc3OC)N(CCO)CCO)c(O)n2n1. The van der Waals surface area contributed by atoms with Crippen molar-refractivity contribution in [2.75, 3.05) is 33.4 Å². The van der Waals surface area contributed by atoms with Gasteiger partial charge in [0, 0.05) is 25.1 Å². The highest BCUT2D eigenvalue weighted by Gasteiger charge is 2.31. The predicted octanol–water partition coefficient (Wildman–Crippen LogP) is 1.44. The van der Waals surface area contributed by atoms with E-state index in [1.807, 2.05) is 36.1 Å². The van der Waals surface area contributed by atoms with Gasteiger partial charge in [-0.15, -0.1) is 5.10 Å². The molecule has 2 heterocycles. The first-order chi connectivity index (χ1) is 13.1. The maximum Gasteiger partial charge on any atom is 0.230 e. The third-order valence-electron chi connectivity index (χ3n) is 4.38. The molecule has 0 aliphatic heterocycles. The lowest BCUT2D eigenvalue weighted by Gasteiger charge is -2.31. The Labute approximate surface area is 161 Å². The first-order valence-electron chi connectivity index (χ1n) is 8.80. The summed E-state index contributed by atoms with van der Waals surface area (Å²) in [4.78, 5) is 7.59. The van der Waals surface area contributed by atoms with Crippen molar-refractivity contribution in [1.29, 1.82) is 0 Å². The fraction of sp³-hybridized carbons (Fsp3) is 0.444. The summed E-state index contributed by atoms with van der Waals surface area (Å²) in [6, 6.07) is 7.11. The minimum atomic E-state index is -0.418.